The Labute approximate surface area is 232 Å². The fraction of sp³-hybridized carbons (Fsp3) is 0.323. The third kappa shape index (κ3) is 5.40. The first-order valence-electron chi connectivity index (χ1n) is 13.4. The van der Waals surface area contributed by atoms with Gasteiger partial charge in [0.1, 0.15) is 4.88 Å². The summed E-state index contributed by atoms with van der Waals surface area (Å²) in [6, 6.07) is 24.9. The Bertz CT molecular complexity index is 1460. The number of amides is 2. The van der Waals surface area contributed by atoms with Gasteiger partial charge in [-0.3, -0.25) is 9.88 Å². The highest BCUT2D eigenvalue weighted by molar-refractivity contribution is 7.13. The second kappa shape index (κ2) is 11.2. The minimum Gasteiger partial charge on any atom is -0.465 e. The Balaban J connectivity index is 1.15. The minimum absolute atomic E-state index is 0.0169. The molecule has 0 bridgehead atoms. The molecule has 2 aliphatic rings. The molecule has 7 nitrogen and oxygen atoms in total. The Morgan fingerprint density at radius 3 is 2.62 bits per heavy atom. The quantitative estimate of drug-likeness (QED) is 0.280. The highest BCUT2D eigenvalue weighted by atomic mass is 32.1. The predicted octanol–water partition coefficient (Wildman–Crippen LogP) is 5.73. The van der Waals surface area contributed by atoms with E-state index in [1.807, 2.05) is 41.4 Å². The number of methoxy groups -OCH3 is 1. The Kier molecular flexibility index (Phi) is 7.30. The van der Waals surface area contributed by atoms with Gasteiger partial charge in [-0.2, -0.15) is 0 Å². The summed E-state index contributed by atoms with van der Waals surface area (Å²) >= 11 is 1.39. The van der Waals surface area contributed by atoms with E-state index < -0.39 is 0 Å². The number of piperidine rings is 1. The van der Waals surface area contributed by atoms with Crippen molar-refractivity contribution in [1.82, 2.24) is 19.7 Å². The molecule has 0 N–H and O–H groups in total. The summed E-state index contributed by atoms with van der Waals surface area (Å²) in [5, 5.41) is 1.17. The van der Waals surface area contributed by atoms with Crippen LogP contribution in [0.25, 0.3) is 10.9 Å². The van der Waals surface area contributed by atoms with Gasteiger partial charge in [0, 0.05) is 48.7 Å². The lowest BCUT2D eigenvalue weighted by molar-refractivity contribution is 0.0606. The van der Waals surface area contributed by atoms with E-state index in [0.717, 1.165) is 42.9 Å². The van der Waals surface area contributed by atoms with Crippen molar-refractivity contribution in [2.75, 3.05) is 26.7 Å². The molecule has 2 fully saturated rings. The number of carbonyl (C=O) groups excluding carboxylic acids is 2. The second-order valence-corrected chi connectivity index (χ2v) is 11.5. The number of pyridine rings is 1. The summed E-state index contributed by atoms with van der Waals surface area (Å²) in [4.78, 5) is 38.3. The van der Waals surface area contributed by atoms with Crippen molar-refractivity contribution in [3.63, 3.8) is 0 Å². The van der Waals surface area contributed by atoms with Crippen LogP contribution in [0.4, 0.5) is 4.79 Å². The molecule has 2 aromatic carbocycles. The molecule has 0 aliphatic carbocycles. The van der Waals surface area contributed by atoms with Crippen LogP contribution in [0.3, 0.4) is 0 Å². The number of ether oxygens (including phenoxy) is 1. The number of benzene rings is 2. The average molecular weight is 541 g/mol. The number of thiophene rings is 1. The molecule has 4 aromatic rings. The third-order valence-electron chi connectivity index (χ3n) is 7.82. The number of carbonyl (C=O) groups is 2. The maximum atomic E-state index is 13.8. The van der Waals surface area contributed by atoms with E-state index in [-0.39, 0.29) is 24.1 Å². The number of hydrogen-bond donors (Lipinski definition) is 0. The largest absolute Gasteiger partial charge is 0.465 e. The summed E-state index contributed by atoms with van der Waals surface area (Å²) in [6.07, 6.45) is 3.73. The molecule has 1 unspecified atom stereocenters. The van der Waals surface area contributed by atoms with E-state index in [1.165, 1.54) is 35.0 Å². The number of aromatic nitrogens is 1. The lowest BCUT2D eigenvalue weighted by Crippen LogP contribution is -2.47. The fourth-order valence-electron chi connectivity index (χ4n) is 5.85. The highest BCUT2D eigenvalue weighted by Crippen LogP contribution is 2.36. The topological polar surface area (TPSA) is 66.0 Å². The molecule has 2 aromatic heterocycles. The lowest BCUT2D eigenvalue weighted by atomic mass is 9.98. The Hall–Kier alpha value is -3.75. The zero-order valence-electron chi connectivity index (χ0n) is 22.0. The molecule has 0 radical (unpaired) electrons. The van der Waals surface area contributed by atoms with Crippen molar-refractivity contribution in [3.05, 3.63) is 99.9 Å². The van der Waals surface area contributed by atoms with E-state index >= 15 is 0 Å². The first-order chi connectivity index (χ1) is 19.1. The molecule has 0 spiro atoms. The summed E-state index contributed by atoms with van der Waals surface area (Å²) in [5.74, 6) is -0.338. The van der Waals surface area contributed by atoms with Gasteiger partial charge in [0.15, 0.2) is 0 Å². The van der Waals surface area contributed by atoms with Gasteiger partial charge in [-0.05, 0) is 54.3 Å². The zero-order chi connectivity index (χ0) is 26.8. The maximum Gasteiger partial charge on any atom is 0.348 e. The molecule has 4 heterocycles. The van der Waals surface area contributed by atoms with Crippen molar-refractivity contribution in [2.24, 2.45) is 0 Å². The van der Waals surface area contributed by atoms with Gasteiger partial charge in [0.2, 0.25) is 0 Å². The summed E-state index contributed by atoms with van der Waals surface area (Å²) in [7, 11) is 1.39. The van der Waals surface area contributed by atoms with Gasteiger partial charge >= 0.3 is 12.0 Å². The SMILES string of the molecule is COC(=O)c1ccc(CN2CC(c3ccccc3)N(C3CCN(Cc4ccc5ncccc5c4)CC3)C2=O)s1. The first kappa shape index (κ1) is 25.5. The van der Waals surface area contributed by atoms with Crippen molar-refractivity contribution in [1.29, 1.82) is 0 Å². The van der Waals surface area contributed by atoms with Crippen LogP contribution in [0, 0.1) is 0 Å². The van der Waals surface area contributed by atoms with Crippen molar-refractivity contribution in [3.8, 4) is 0 Å². The number of rotatable bonds is 7. The van der Waals surface area contributed by atoms with E-state index in [2.05, 4.69) is 51.2 Å². The molecule has 0 saturated carbocycles. The minimum atomic E-state index is -0.338. The molecule has 200 valence electrons. The molecule has 39 heavy (non-hydrogen) atoms. The number of urea groups is 1. The van der Waals surface area contributed by atoms with Crippen LogP contribution in [0.5, 0.6) is 0 Å². The number of hydrogen-bond acceptors (Lipinski definition) is 6. The molecular formula is C31H32N4O3S. The number of likely N-dealkylation sites (tertiary alicyclic amines) is 1. The number of fused-ring (bicyclic) bond motifs is 1. The third-order valence-corrected chi connectivity index (χ3v) is 8.87. The number of nitrogens with zero attached hydrogens (tertiary/aromatic N) is 4. The standard InChI is InChI=1S/C31H32N4O3S/c1-38-30(36)29-12-10-26(39-29)20-34-21-28(23-6-3-2-4-7-23)35(31(34)37)25-13-16-33(17-14-25)19-22-9-11-27-24(18-22)8-5-15-32-27/h2-12,15,18,25,28H,13-14,16-17,19-21H2,1H3. The molecule has 1 atom stereocenters. The lowest BCUT2D eigenvalue weighted by Gasteiger charge is -2.39. The van der Waals surface area contributed by atoms with Gasteiger partial charge in [0.25, 0.3) is 0 Å². The fourth-order valence-corrected chi connectivity index (χ4v) is 6.80. The van der Waals surface area contributed by atoms with Gasteiger partial charge < -0.3 is 14.5 Å². The smallest absolute Gasteiger partial charge is 0.348 e. The molecule has 6 rings (SSSR count). The molecule has 2 amide bonds. The summed E-state index contributed by atoms with van der Waals surface area (Å²) in [6.45, 7) is 3.94. The van der Waals surface area contributed by atoms with Crippen LogP contribution in [0.15, 0.2) is 79.0 Å². The van der Waals surface area contributed by atoms with Gasteiger partial charge in [-0.25, -0.2) is 9.59 Å². The zero-order valence-corrected chi connectivity index (χ0v) is 22.8. The molecule has 2 aliphatic heterocycles. The van der Waals surface area contributed by atoms with Crippen molar-refractivity contribution < 1.29 is 14.3 Å². The van der Waals surface area contributed by atoms with Crippen molar-refractivity contribution >= 4 is 34.2 Å². The summed E-state index contributed by atoms with van der Waals surface area (Å²) in [5.41, 5.74) is 3.48. The van der Waals surface area contributed by atoms with E-state index in [4.69, 9.17) is 4.74 Å². The normalized spacial score (nSPS) is 18.7. The van der Waals surface area contributed by atoms with Crippen LogP contribution in [0.2, 0.25) is 0 Å². The van der Waals surface area contributed by atoms with Crippen molar-refractivity contribution in [2.45, 2.75) is 38.0 Å². The molecule has 8 heteroatoms. The van der Waals surface area contributed by atoms with Crippen LogP contribution in [-0.2, 0) is 17.8 Å². The van der Waals surface area contributed by atoms with Crippen LogP contribution in [0.1, 0.15) is 44.6 Å². The molecule has 2 saturated heterocycles. The van der Waals surface area contributed by atoms with E-state index in [9.17, 15) is 9.59 Å². The first-order valence-corrected chi connectivity index (χ1v) is 14.3. The molecular weight excluding hydrogens is 508 g/mol. The van der Waals surface area contributed by atoms with Gasteiger partial charge in [-0.15, -0.1) is 11.3 Å². The average Bonchev–Trinajstić information content (AvgIpc) is 3.58. The predicted molar refractivity (Wildman–Crippen MR) is 153 cm³/mol. The Morgan fingerprint density at radius 1 is 1.00 bits per heavy atom. The van der Waals surface area contributed by atoms with Crippen LogP contribution in [-0.4, -0.2) is 64.5 Å². The van der Waals surface area contributed by atoms with Gasteiger partial charge in [0.05, 0.1) is 25.2 Å². The van der Waals surface area contributed by atoms with Crippen LogP contribution < -0.4 is 0 Å². The Morgan fingerprint density at radius 2 is 1.82 bits per heavy atom. The maximum absolute atomic E-state index is 13.8. The second-order valence-electron chi connectivity index (χ2n) is 10.3. The highest BCUT2D eigenvalue weighted by Gasteiger charge is 2.42. The summed E-state index contributed by atoms with van der Waals surface area (Å²) < 4.78 is 4.85. The van der Waals surface area contributed by atoms with Crippen LogP contribution >= 0.6 is 11.3 Å². The monoisotopic (exact) mass is 540 g/mol. The van der Waals surface area contributed by atoms with E-state index in [1.54, 1.807) is 6.07 Å². The van der Waals surface area contributed by atoms with E-state index in [0.29, 0.717) is 18.0 Å². The number of esters is 1. The van der Waals surface area contributed by atoms with Gasteiger partial charge in [-0.1, -0.05) is 42.5 Å².